The summed E-state index contributed by atoms with van der Waals surface area (Å²) in [5.74, 6) is -0.313. The number of fused-ring (bicyclic) bond motifs is 1. The van der Waals surface area contributed by atoms with Crippen LogP contribution in [0.25, 0.3) is 0 Å². The van der Waals surface area contributed by atoms with Gasteiger partial charge in [-0.2, -0.15) is 9.57 Å². The number of aromatic nitrogens is 1. The Morgan fingerprint density at radius 2 is 2.04 bits per heavy atom. The van der Waals surface area contributed by atoms with E-state index in [-0.39, 0.29) is 5.91 Å². The number of hydrogen-bond donors (Lipinski definition) is 1. The molecule has 0 fully saturated rings. The molecular weight excluding hydrogens is 372 g/mol. The largest absolute Gasteiger partial charge is 0.298 e. The summed E-state index contributed by atoms with van der Waals surface area (Å²) in [5.41, 5.74) is 1.75. The van der Waals surface area contributed by atoms with E-state index in [1.165, 1.54) is 15.6 Å². The van der Waals surface area contributed by atoms with Gasteiger partial charge in [0.25, 0.3) is 5.91 Å². The Balaban J connectivity index is 1.74. The zero-order valence-corrected chi connectivity index (χ0v) is 16.0. The van der Waals surface area contributed by atoms with Gasteiger partial charge in [0.2, 0.25) is 10.0 Å². The van der Waals surface area contributed by atoms with Gasteiger partial charge in [-0.15, -0.1) is 11.3 Å². The van der Waals surface area contributed by atoms with Crippen molar-refractivity contribution in [2.75, 3.05) is 11.9 Å². The number of nitrogens with zero attached hydrogens (tertiary/aromatic N) is 3. The Kier molecular flexibility index (Phi) is 5.09. The van der Waals surface area contributed by atoms with Crippen molar-refractivity contribution in [3.63, 3.8) is 0 Å². The topological polar surface area (TPSA) is 103 Å². The number of nitriles is 1. The summed E-state index contributed by atoms with van der Waals surface area (Å²) in [7, 11) is -3.31. The molecule has 1 aromatic carbocycles. The molecule has 0 bridgehead atoms. The van der Waals surface area contributed by atoms with Crippen molar-refractivity contribution < 1.29 is 13.2 Å². The Bertz CT molecular complexity index is 972. The zero-order chi connectivity index (χ0) is 18.9. The van der Waals surface area contributed by atoms with E-state index in [9.17, 15) is 13.2 Å². The average Bonchev–Trinajstić information content (AvgIpc) is 3.02. The summed E-state index contributed by atoms with van der Waals surface area (Å²) in [4.78, 5) is 17.6. The van der Waals surface area contributed by atoms with Crippen LogP contribution in [-0.2, 0) is 23.0 Å². The van der Waals surface area contributed by atoms with Gasteiger partial charge < -0.3 is 0 Å². The first kappa shape index (κ1) is 18.5. The molecule has 9 heteroatoms. The van der Waals surface area contributed by atoms with Crippen molar-refractivity contribution >= 4 is 32.4 Å². The molecule has 0 radical (unpaired) electrons. The molecule has 0 unspecified atom stereocenters. The van der Waals surface area contributed by atoms with Crippen molar-refractivity contribution in [1.29, 1.82) is 5.26 Å². The van der Waals surface area contributed by atoms with Crippen LogP contribution in [0.1, 0.15) is 40.3 Å². The summed E-state index contributed by atoms with van der Waals surface area (Å²) in [6.07, 6.45) is 0.532. The number of anilines is 1. The molecule has 7 nitrogen and oxygen atoms in total. The molecule has 0 saturated heterocycles. The monoisotopic (exact) mass is 390 g/mol. The van der Waals surface area contributed by atoms with Crippen LogP contribution in [0, 0.1) is 11.3 Å². The minimum absolute atomic E-state index is 0.292. The lowest BCUT2D eigenvalue weighted by atomic mass is 10.1. The highest BCUT2D eigenvalue weighted by molar-refractivity contribution is 7.89. The summed E-state index contributed by atoms with van der Waals surface area (Å²) >= 11 is 1.30. The number of nitrogens with one attached hydrogen (secondary N) is 1. The fourth-order valence-electron chi connectivity index (χ4n) is 2.61. The number of sulfonamides is 1. The van der Waals surface area contributed by atoms with E-state index in [0.717, 1.165) is 10.6 Å². The second kappa shape index (κ2) is 7.15. The lowest BCUT2D eigenvalue weighted by molar-refractivity contribution is 0.102. The van der Waals surface area contributed by atoms with Gasteiger partial charge in [0.1, 0.15) is 0 Å². The van der Waals surface area contributed by atoms with E-state index >= 15 is 0 Å². The van der Waals surface area contributed by atoms with Crippen molar-refractivity contribution in [3.05, 3.63) is 46.0 Å². The molecule has 1 N–H and O–H groups in total. The third-order valence-electron chi connectivity index (χ3n) is 4.15. The number of carbonyl (C=O) groups is 1. The first-order valence-electron chi connectivity index (χ1n) is 8.10. The SMILES string of the molecule is CC(C)S(=O)(=O)N1CCc2nc(NC(=O)c3ccc(C#N)cc3)sc2C1. The molecule has 1 aliphatic heterocycles. The van der Waals surface area contributed by atoms with Gasteiger partial charge >= 0.3 is 0 Å². The maximum atomic E-state index is 12.3. The van der Waals surface area contributed by atoms with E-state index in [1.54, 1.807) is 38.1 Å². The molecule has 3 rings (SSSR count). The van der Waals surface area contributed by atoms with Crippen molar-refractivity contribution in [1.82, 2.24) is 9.29 Å². The van der Waals surface area contributed by atoms with Crippen LogP contribution < -0.4 is 5.32 Å². The highest BCUT2D eigenvalue weighted by Crippen LogP contribution is 2.30. The highest BCUT2D eigenvalue weighted by atomic mass is 32.2. The Labute approximate surface area is 156 Å². The van der Waals surface area contributed by atoms with E-state index in [1.807, 2.05) is 6.07 Å². The van der Waals surface area contributed by atoms with Crippen LogP contribution in [0.5, 0.6) is 0 Å². The second-order valence-corrected chi connectivity index (χ2v) is 9.78. The van der Waals surface area contributed by atoms with Crippen molar-refractivity contribution in [3.8, 4) is 6.07 Å². The highest BCUT2D eigenvalue weighted by Gasteiger charge is 2.31. The summed E-state index contributed by atoms with van der Waals surface area (Å²) < 4.78 is 26.1. The van der Waals surface area contributed by atoms with Crippen LogP contribution in [0.15, 0.2) is 24.3 Å². The Morgan fingerprint density at radius 3 is 2.65 bits per heavy atom. The number of carbonyl (C=O) groups excluding carboxylic acids is 1. The summed E-state index contributed by atoms with van der Waals surface area (Å²) in [6, 6.07) is 8.33. The predicted octanol–water partition coefficient (Wildman–Crippen LogP) is 2.36. The number of rotatable bonds is 4. The average molecular weight is 390 g/mol. The maximum absolute atomic E-state index is 12.3. The van der Waals surface area contributed by atoms with Crippen LogP contribution >= 0.6 is 11.3 Å². The molecule has 2 aromatic rings. The van der Waals surface area contributed by atoms with Gasteiger partial charge in [-0.25, -0.2) is 13.4 Å². The zero-order valence-electron chi connectivity index (χ0n) is 14.4. The number of hydrogen-bond acceptors (Lipinski definition) is 6. The fraction of sp³-hybridized carbons (Fsp3) is 0.353. The lowest BCUT2D eigenvalue weighted by Crippen LogP contribution is -2.39. The van der Waals surface area contributed by atoms with Crippen LogP contribution in [0.2, 0.25) is 0 Å². The van der Waals surface area contributed by atoms with E-state index < -0.39 is 15.3 Å². The minimum Gasteiger partial charge on any atom is -0.298 e. The maximum Gasteiger partial charge on any atom is 0.257 e. The predicted molar refractivity (Wildman–Crippen MR) is 99.4 cm³/mol. The van der Waals surface area contributed by atoms with Gasteiger partial charge in [0.15, 0.2) is 5.13 Å². The van der Waals surface area contributed by atoms with Gasteiger partial charge in [0, 0.05) is 30.0 Å². The van der Waals surface area contributed by atoms with Gasteiger partial charge in [-0.1, -0.05) is 0 Å². The first-order valence-corrected chi connectivity index (χ1v) is 10.4. The van der Waals surface area contributed by atoms with E-state index in [4.69, 9.17) is 5.26 Å². The first-order chi connectivity index (χ1) is 12.3. The molecule has 1 aromatic heterocycles. The standard InChI is InChI=1S/C17H18N4O3S2/c1-11(2)26(23,24)21-8-7-14-15(10-21)25-17(19-14)20-16(22)13-5-3-12(9-18)4-6-13/h3-6,11H,7-8,10H2,1-2H3,(H,19,20,22). The molecule has 1 amide bonds. The quantitative estimate of drug-likeness (QED) is 0.863. The molecule has 0 saturated carbocycles. The molecule has 1 aliphatic rings. The molecule has 2 heterocycles. The Hall–Kier alpha value is -2.28. The molecular formula is C17H18N4O3S2. The van der Waals surface area contributed by atoms with Gasteiger partial charge in [0.05, 0.1) is 22.6 Å². The summed E-state index contributed by atoms with van der Waals surface area (Å²) in [5, 5.41) is 11.5. The van der Waals surface area contributed by atoms with E-state index in [2.05, 4.69) is 10.3 Å². The van der Waals surface area contributed by atoms with Crippen LogP contribution in [-0.4, -0.2) is 35.4 Å². The molecule has 0 atom stereocenters. The smallest absolute Gasteiger partial charge is 0.257 e. The van der Waals surface area contributed by atoms with Gasteiger partial charge in [-0.3, -0.25) is 10.1 Å². The third-order valence-corrected chi connectivity index (χ3v) is 7.37. The number of amides is 1. The summed E-state index contributed by atoms with van der Waals surface area (Å²) in [6.45, 7) is 4.03. The van der Waals surface area contributed by atoms with Crippen molar-refractivity contribution in [2.24, 2.45) is 0 Å². The minimum atomic E-state index is -3.31. The second-order valence-electron chi connectivity index (χ2n) is 6.21. The lowest BCUT2D eigenvalue weighted by Gasteiger charge is -2.26. The van der Waals surface area contributed by atoms with Crippen molar-refractivity contribution in [2.45, 2.75) is 32.1 Å². The third kappa shape index (κ3) is 3.62. The van der Waals surface area contributed by atoms with E-state index in [0.29, 0.717) is 35.8 Å². The number of benzene rings is 1. The Morgan fingerprint density at radius 1 is 1.35 bits per heavy atom. The molecule has 26 heavy (non-hydrogen) atoms. The number of thiazole rings is 1. The van der Waals surface area contributed by atoms with Gasteiger partial charge in [-0.05, 0) is 38.1 Å². The molecule has 136 valence electrons. The normalized spacial score (nSPS) is 14.7. The van der Waals surface area contributed by atoms with Crippen LogP contribution in [0.3, 0.4) is 0 Å². The molecule has 0 spiro atoms. The fourth-order valence-corrected chi connectivity index (χ4v) is 4.96. The van der Waals surface area contributed by atoms with Crippen LogP contribution in [0.4, 0.5) is 5.13 Å². The molecule has 0 aliphatic carbocycles.